The zero-order valence-corrected chi connectivity index (χ0v) is 13.9. The summed E-state index contributed by atoms with van der Waals surface area (Å²) in [5, 5.41) is 11.1. The third-order valence-electron chi connectivity index (χ3n) is 3.66. The first-order valence-electron chi connectivity index (χ1n) is 7.84. The monoisotopic (exact) mass is 353 g/mol. The first-order chi connectivity index (χ1) is 12.5. The summed E-state index contributed by atoms with van der Waals surface area (Å²) in [7, 11) is 0. The predicted octanol–water partition coefficient (Wildman–Crippen LogP) is 1.09. The molecule has 0 aromatic heterocycles. The fourth-order valence-corrected chi connectivity index (χ4v) is 2.34. The molecule has 0 aliphatic heterocycles. The van der Waals surface area contributed by atoms with Crippen molar-refractivity contribution in [3.05, 3.63) is 77.4 Å². The summed E-state index contributed by atoms with van der Waals surface area (Å²) in [5.41, 5.74) is 8.90. The highest BCUT2D eigenvalue weighted by atomic mass is 16.5. The van der Waals surface area contributed by atoms with E-state index in [0.29, 0.717) is 17.7 Å². The van der Waals surface area contributed by atoms with E-state index < -0.39 is 23.6 Å². The Hall–Kier alpha value is -3.45. The third kappa shape index (κ3) is 5.29. The molecule has 2 rings (SSSR count). The van der Waals surface area contributed by atoms with Crippen molar-refractivity contribution >= 4 is 23.8 Å². The number of primary amides is 1. The van der Waals surface area contributed by atoms with Crippen LogP contribution in [-0.4, -0.2) is 22.9 Å². The maximum Gasteiger partial charge on any atom is 0.267 e. The van der Waals surface area contributed by atoms with Gasteiger partial charge < -0.3 is 11.1 Å². The second kappa shape index (κ2) is 9.14. The Bertz CT molecular complexity index is 801. The highest BCUT2D eigenvalue weighted by Crippen LogP contribution is 2.17. The lowest BCUT2D eigenvalue weighted by atomic mass is 9.96. The predicted molar refractivity (Wildman–Crippen MR) is 95.6 cm³/mol. The summed E-state index contributed by atoms with van der Waals surface area (Å²) >= 11 is 0. The Morgan fingerprint density at radius 1 is 1.04 bits per heavy atom. The average Bonchev–Trinajstić information content (AvgIpc) is 2.66. The van der Waals surface area contributed by atoms with Crippen LogP contribution in [0.1, 0.15) is 22.6 Å². The number of carbonyl (C=O) groups is 3. The summed E-state index contributed by atoms with van der Waals surface area (Å²) in [6.07, 6.45) is 2.62. The van der Waals surface area contributed by atoms with E-state index in [9.17, 15) is 14.4 Å². The van der Waals surface area contributed by atoms with Crippen LogP contribution in [0.5, 0.6) is 0 Å². The quantitative estimate of drug-likeness (QED) is 0.258. The van der Waals surface area contributed by atoms with E-state index in [-0.39, 0.29) is 0 Å². The fourth-order valence-electron chi connectivity index (χ4n) is 2.34. The van der Waals surface area contributed by atoms with Crippen LogP contribution in [0.4, 0.5) is 0 Å². The van der Waals surface area contributed by atoms with Crippen molar-refractivity contribution in [3.63, 3.8) is 0 Å². The summed E-state index contributed by atoms with van der Waals surface area (Å²) in [6.45, 7) is 0.292. The number of rotatable bonds is 7. The van der Waals surface area contributed by atoms with Gasteiger partial charge in [-0.15, -0.1) is 0 Å². The van der Waals surface area contributed by atoms with Gasteiger partial charge in [-0.2, -0.15) is 0 Å². The van der Waals surface area contributed by atoms with E-state index >= 15 is 0 Å². The standard InChI is InChI=1S/C19H19N3O4/c20-18(24)17(19(25)21-12-14-4-2-1-3-5-14)15-9-6-13(7-10-15)8-11-16(23)22-26/h1-11,17,26H,12H2,(H2,20,24)(H,21,25)(H,22,23). The molecule has 0 saturated carbocycles. The van der Waals surface area contributed by atoms with Crippen molar-refractivity contribution in [2.24, 2.45) is 5.73 Å². The molecule has 0 fully saturated rings. The molecular weight excluding hydrogens is 334 g/mol. The second-order valence-electron chi connectivity index (χ2n) is 5.51. The van der Waals surface area contributed by atoms with Crippen LogP contribution in [0.15, 0.2) is 60.7 Å². The van der Waals surface area contributed by atoms with Gasteiger partial charge in [0.2, 0.25) is 11.8 Å². The van der Waals surface area contributed by atoms with Gasteiger partial charge in [-0.3, -0.25) is 19.6 Å². The highest BCUT2D eigenvalue weighted by molar-refractivity contribution is 6.05. The molecule has 0 aliphatic rings. The number of nitrogens with two attached hydrogens (primary N) is 1. The van der Waals surface area contributed by atoms with Crippen LogP contribution in [0.25, 0.3) is 6.08 Å². The zero-order chi connectivity index (χ0) is 18.9. The number of amides is 3. The molecule has 7 nitrogen and oxygen atoms in total. The SMILES string of the molecule is NC(=O)C(C(=O)NCc1ccccc1)c1ccc(C=CC(=O)NO)cc1. The first-order valence-corrected chi connectivity index (χ1v) is 7.84. The molecule has 2 aromatic rings. The van der Waals surface area contributed by atoms with Crippen LogP contribution in [-0.2, 0) is 20.9 Å². The molecule has 134 valence electrons. The maximum atomic E-state index is 12.4. The molecular formula is C19H19N3O4. The van der Waals surface area contributed by atoms with Crippen LogP contribution in [0.3, 0.4) is 0 Å². The summed E-state index contributed by atoms with van der Waals surface area (Å²) in [5.74, 6) is -3.01. The van der Waals surface area contributed by atoms with E-state index in [1.54, 1.807) is 24.3 Å². The maximum absolute atomic E-state index is 12.4. The number of carbonyl (C=O) groups excluding carboxylic acids is 3. The molecule has 0 radical (unpaired) electrons. The van der Waals surface area contributed by atoms with Crippen LogP contribution in [0.2, 0.25) is 0 Å². The van der Waals surface area contributed by atoms with E-state index in [4.69, 9.17) is 10.9 Å². The summed E-state index contributed by atoms with van der Waals surface area (Å²) < 4.78 is 0. The molecule has 0 heterocycles. The topological polar surface area (TPSA) is 122 Å². The van der Waals surface area contributed by atoms with Gasteiger partial charge in [0, 0.05) is 12.6 Å². The normalized spacial score (nSPS) is 11.7. The van der Waals surface area contributed by atoms with Gasteiger partial charge in [-0.25, -0.2) is 5.48 Å². The second-order valence-corrected chi connectivity index (χ2v) is 5.51. The number of benzene rings is 2. The van der Waals surface area contributed by atoms with E-state index in [2.05, 4.69) is 5.32 Å². The largest absolute Gasteiger partial charge is 0.369 e. The molecule has 2 aromatic carbocycles. The molecule has 0 aliphatic carbocycles. The van der Waals surface area contributed by atoms with Gasteiger partial charge in [0.25, 0.3) is 5.91 Å². The summed E-state index contributed by atoms with van der Waals surface area (Å²) in [4.78, 5) is 35.1. The number of hydroxylamine groups is 1. The zero-order valence-electron chi connectivity index (χ0n) is 13.9. The minimum absolute atomic E-state index is 0.292. The van der Waals surface area contributed by atoms with Gasteiger partial charge >= 0.3 is 0 Å². The smallest absolute Gasteiger partial charge is 0.267 e. The highest BCUT2D eigenvalue weighted by Gasteiger charge is 2.26. The first kappa shape index (κ1) is 18.9. The molecule has 3 amide bonds. The molecule has 0 bridgehead atoms. The van der Waals surface area contributed by atoms with Gasteiger partial charge in [-0.05, 0) is 22.8 Å². The molecule has 7 heteroatoms. The minimum Gasteiger partial charge on any atom is -0.369 e. The Morgan fingerprint density at radius 2 is 1.69 bits per heavy atom. The lowest BCUT2D eigenvalue weighted by Gasteiger charge is -2.14. The van der Waals surface area contributed by atoms with Gasteiger partial charge in [0.15, 0.2) is 0 Å². The Labute approximate surface area is 150 Å². The van der Waals surface area contributed by atoms with Crippen molar-refractivity contribution in [1.82, 2.24) is 10.8 Å². The number of nitrogens with one attached hydrogen (secondary N) is 2. The van der Waals surface area contributed by atoms with E-state index in [1.165, 1.54) is 11.6 Å². The van der Waals surface area contributed by atoms with E-state index in [0.717, 1.165) is 11.6 Å². The summed E-state index contributed by atoms with van der Waals surface area (Å²) in [6, 6.07) is 15.8. The van der Waals surface area contributed by atoms with Crippen molar-refractivity contribution in [3.8, 4) is 0 Å². The average molecular weight is 353 g/mol. The van der Waals surface area contributed by atoms with Crippen molar-refractivity contribution < 1.29 is 19.6 Å². The Morgan fingerprint density at radius 3 is 2.27 bits per heavy atom. The molecule has 0 spiro atoms. The van der Waals surface area contributed by atoms with Gasteiger partial charge in [0.05, 0.1) is 0 Å². The lowest BCUT2D eigenvalue weighted by molar-refractivity contribution is -0.130. The van der Waals surface area contributed by atoms with Crippen molar-refractivity contribution in [2.45, 2.75) is 12.5 Å². The van der Waals surface area contributed by atoms with Gasteiger partial charge in [0.1, 0.15) is 5.92 Å². The fraction of sp³-hybridized carbons (Fsp3) is 0.105. The van der Waals surface area contributed by atoms with Crippen molar-refractivity contribution in [1.29, 1.82) is 0 Å². The molecule has 1 atom stereocenters. The molecule has 26 heavy (non-hydrogen) atoms. The van der Waals surface area contributed by atoms with Gasteiger partial charge in [-0.1, -0.05) is 54.6 Å². The minimum atomic E-state index is -1.11. The van der Waals surface area contributed by atoms with Crippen LogP contribution >= 0.6 is 0 Å². The van der Waals surface area contributed by atoms with Crippen LogP contribution < -0.4 is 16.5 Å². The molecule has 1 unspecified atom stereocenters. The molecule has 5 N–H and O–H groups in total. The number of hydrogen-bond donors (Lipinski definition) is 4. The number of hydrogen-bond acceptors (Lipinski definition) is 4. The Balaban J connectivity index is 2.08. The van der Waals surface area contributed by atoms with E-state index in [1.807, 2.05) is 30.3 Å². The lowest BCUT2D eigenvalue weighted by Crippen LogP contribution is -2.36. The third-order valence-corrected chi connectivity index (χ3v) is 3.66. The Kier molecular flexibility index (Phi) is 6.64. The van der Waals surface area contributed by atoms with Crippen molar-refractivity contribution in [2.75, 3.05) is 0 Å². The molecule has 0 saturated heterocycles. The van der Waals surface area contributed by atoms with Crippen LogP contribution in [0, 0.1) is 0 Å².